The van der Waals surface area contributed by atoms with Gasteiger partial charge in [-0.2, -0.15) is 5.10 Å². The highest BCUT2D eigenvalue weighted by Gasteiger charge is 2.16. The van der Waals surface area contributed by atoms with Gasteiger partial charge < -0.3 is 10.2 Å². The third kappa shape index (κ3) is 5.48. The van der Waals surface area contributed by atoms with Gasteiger partial charge in [-0.15, -0.1) is 0 Å². The average molecular weight is 344 g/mol. The summed E-state index contributed by atoms with van der Waals surface area (Å²) in [6.45, 7) is 6.90. The highest BCUT2D eigenvalue weighted by molar-refractivity contribution is 5.88. The summed E-state index contributed by atoms with van der Waals surface area (Å²) < 4.78 is 1.69. The SMILES string of the molecule is CN(C)c1ncccc1CNC(=O)Nc1cc(CC(C)(C)C)nn1C. The lowest BCUT2D eigenvalue weighted by Crippen LogP contribution is -2.29. The minimum Gasteiger partial charge on any atom is -0.362 e. The molecule has 2 aromatic rings. The largest absolute Gasteiger partial charge is 0.362 e. The molecule has 0 aliphatic rings. The van der Waals surface area contributed by atoms with Crippen molar-refractivity contribution in [3.05, 3.63) is 35.7 Å². The number of amides is 2. The van der Waals surface area contributed by atoms with Crippen LogP contribution in [0.5, 0.6) is 0 Å². The fourth-order valence-electron chi connectivity index (χ4n) is 2.58. The molecule has 2 rings (SSSR count). The summed E-state index contributed by atoms with van der Waals surface area (Å²) in [5.74, 6) is 1.52. The number of anilines is 2. The molecule has 136 valence electrons. The van der Waals surface area contributed by atoms with Crippen molar-refractivity contribution in [3.63, 3.8) is 0 Å². The number of urea groups is 1. The molecule has 7 nitrogen and oxygen atoms in total. The second kappa shape index (κ2) is 7.55. The summed E-state index contributed by atoms with van der Waals surface area (Å²) in [6.07, 6.45) is 2.59. The number of nitrogens with zero attached hydrogens (tertiary/aromatic N) is 4. The maximum atomic E-state index is 12.2. The van der Waals surface area contributed by atoms with Crippen molar-refractivity contribution >= 4 is 17.7 Å². The van der Waals surface area contributed by atoms with Crippen LogP contribution in [0.3, 0.4) is 0 Å². The van der Waals surface area contributed by atoms with Crippen molar-refractivity contribution in [1.82, 2.24) is 20.1 Å². The van der Waals surface area contributed by atoms with Gasteiger partial charge in [0, 0.05) is 45.5 Å². The predicted octanol–water partition coefficient (Wildman–Crippen LogP) is 2.79. The number of aromatic nitrogens is 3. The summed E-state index contributed by atoms with van der Waals surface area (Å²) in [6, 6.07) is 5.47. The van der Waals surface area contributed by atoms with Gasteiger partial charge in [0.15, 0.2) is 0 Å². The molecule has 25 heavy (non-hydrogen) atoms. The van der Waals surface area contributed by atoms with E-state index in [0.29, 0.717) is 12.4 Å². The topological polar surface area (TPSA) is 75.1 Å². The van der Waals surface area contributed by atoms with Crippen molar-refractivity contribution in [2.24, 2.45) is 12.5 Å². The van der Waals surface area contributed by atoms with Crippen LogP contribution in [0, 0.1) is 5.41 Å². The van der Waals surface area contributed by atoms with E-state index in [-0.39, 0.29) is 11.4 Å². The molecule has 0 bridgehead atoms. The van der Waals surface area contributed by atoms with Crippen LogP contribution in [0.4, 0.5) is 16.4 Å². The van der Waals surface area contributed by atoms with Crippen molar-refractivity contribution in [1.29, 1.82) is 0 Å². The lowest BCUT2D eigenvalue weighted by atomic mass is 9.91. The van der Waals surface area contributed by atoms with E-state index >= 15 is 0 Å². The van der Waals surface area contributed by atoms with E-state index in [0.717, 1.165) is 23.5 Å². The van der Waals surface area contributed by atoms with Gasteiger partial charge >= 0.3 is 6.03 Å². The molecular weight excluding hydrogens is 316 g/mol. The zero-order valence-electron chi connectivity index (χ0n) is 15.9. The Kier molecular flexibility index (Phi) is 5.66. The summed E-state index contributed by atoms with van der Waals surface area (Å²) in [4.78, 5) is 18.5. The summed E-state index contributed by atoms with van der Waals surface area (Å²) >= 11 is 0. The molecular formula is C18H28N6O. The van der Waals surface area contributed by atoms with E-state index in [1.165, 1.54) is 0 Å². The van der Waals surface area contributed by atoms with Crippen molar-refractivity contribution < 1.29 is 4.79 Å². The standard InChI is InChI=1S/C18H28N6O/c1-18(2,3)11-14-10-15(24(6)22-14)21-17(25)20-12-13-8-7-9-19-16(13)23(4)5/h7-10H,11-12H2,1-6H3,(H2,20,21,25). The monoisotopic (exact) mass is 344 g/mol. The van der Waals surface area contributed by atoms with Gasteiger partial charge in [0.1, 0.15) is 11.6 Å². The van der Waals surface area contributed by atoms with Gasteiger partial charge in [0.2, 0.25) is 0 Å². The summed E-state index contributed by atoms with van der Waals surface area (Å²) in [5, 5.41) is 10.2. The highest BCUT2D eigenvalue weighted by Crippen LogP contribution is 2.21. The van der Waals surface area contributed by atoms with E-state index in [4.69, 9.17) is 0 Å². The molecule has 0 atom stereocenters. The smallest absolute Gasteiger partial charge is 0.320 e. The Balaban J connectivity index is 1.97. The molecule has 7 heteroatoms. The molecule has 0 saturated carbocycles. The first kappa shape index (κ1) is 18.8. The zero-order valence-corrected chi connectivity index (χ0v) is 15.9. The Morgan fingerprint density at radius 2 is 2.04 bits per heavy atom. The maximum absolute atomic E-state index is 12.2. The van der Waals surface area contributed by atoms with E-state index in [9.17, 15) is 4.79 Å². The minimum atomic E-state index is -0.265. The van der Waals surface area contributed by atoms with Crippen LogP contribution in [0.15, 0.2) is 24.4 Å². The predicted molar refractivity (Wildman–Crippen MR) is 101 cm³/mol. The maximum Gasteiger partial charge on any atom is 0.320 e. The average Bonchev–Trinajstić information content (AvgIpc) is 2.82. The van der Waals surface area contributed by atoms with Crippen LogP contribution in [-0.4, -0.2) is 34.9 Å². The Morgan fingerprint density at radius 3 is 2.68 bits per heavy atom. The van der Waals surface area contributed by atoms with Gasteiger partial charge in [0.05, 0.1) is 5.69 Å². The number of pyridine rings is 1. The number of nitrogens with one attached hydrogen (secondary N) is 2. The summed E-state index contributed by atoms with van der Waals surface area (Å²) in [5.41, 5.74) is 2.07. The van der Waals surface area contributed by atoms with Crippen LogP contribution in [0.1, 0.15) is 32.0 Å². The molecule has 0 fully saturated rings. The van der Waals surface area contributed by atoms with E-state index in [2.05, 4.69) is 41.5 Å². The first-order valence-corrected chi connectivity index (χ1v) is 8.35. The third-order valence-corrected chi connectivity index (χ3v) is 3.61. The molecule has 0 aromatic carbocycles. The van der Waals surface area contributed by atoms with Crippen molar-refractivity contribution in [3.8, 4) is 0 Å². The van der Waals surface area contributed by atoms with Crippen LogP contribution in [0.2, 0.25) is 0 Å². The van der Waals surface area contributed by atoms with E-state index in [1.807, 2.05) is 44.2 Å². The molecule has 0 saturated heterocycles. The van der Waals surface area contributed by atoms with Gasteiger partial charge in [-0.1, -0.05) is 26.8 Å². The molecule has 0 aliphatic heterocycles. The van der Waals surface area contributed by atoms with Crippen LogP contribution in [0.25, 0.3) is 0 Å². The van der Waals surface area contributed by atoms with E-state index < -0.39 is 0 Å². The minimum absolute atomic E-state index is 0.150. The fourth-order valence-corrected chi connectivity index (χ4v) is 2.58. The van der Waals surface area contributed by atoms with Gasteiger partial charge in [-0.3, -0.25) is 10.00 Å². The van der Waals surface area contributed by atoms with Crippen LogP contribution < -0.4 is 15.5 Å². The molecule has 2 heterocycles. The van der Waals surface area contributed by atoms with Gasteiger partial charge in [0.25, 0.3) is 0 Å². The first-order chi connectivity index (χ1) is 11.7. The van der Waals surface area contributed by atoms with Crippen molar-refractivity contribution in [2.45, 2.75) is 33.7 Å². The lowest BCUT2D eigenvalue weighted by Gasteiger charge is -2.16. The van der Waals surface area contributed by atoms with Crippen LogP contribution in [-0.2, 0) is 20.0 Å². The van der Waals surface area contributed by atoms with E-state index in [1.54, 1.807) is 10.9 Å². The number of rotatable bonds is 5. The van der Waals surface area contributed by atoms with Gasteiger partial charge in [-0.05, 0) is 17.9 Å². The first-order valence-electron chi connectivity index (χ1n) is 8.35. The number of carbonyl (C=O) groups is 1. The normalized spacial score (nSPS) is 11.3. The Morgan fingerprint density at radius 1 is 1.32 bits per heavy atom. The van der Waals surface area contributed by atoms with Crippen molar-refractivity contribution in [2.75, 3.05) is 24.3 Å². The fraction of sp³-hybridized carbons (Fsp3) is 0.500. The molecule has 2 aromatic heterocycles. The second-order valence-electron chi connectivity index (χ2n) is 7.57. The molecule has 2 amide bonds. The number of hydrogen-bond donors (Lipinski definition) is 2. The number of hydrogen-bond acceptors (Lipinski definition) is 4. The number of aryl methyl sites for hydroxylation is 1. The molecule has 0 unspecified atom stereocenters. The van der Waals surface area contributed by atoms with Crippen LogP contribution >= 0.6 is 0 Å². The Labute approximate surface area is 149 Å². The molecule has 0 radical (unpaired) electrons. The zero-order chi connectivity index (χ0) is 18.6. The molecule has 0 spiro atoms. The molecule has 0 aliphatic carbocycles. The second-order valence-corrected chi connectivity index (χ2v) is 7.57. The summed E-state index contributed by atoms with van der Waals surface area (Å²) in [7, 11) is 5.68. The lowest BCUT2D eigenvalue weighted by molar-refractivity contribution is 0.251. The highest BCUT2D eigenvalue weighted by atomic mass is 16.2. The Hall–Kier alpha value is -2.57. The quantitative estimate of drug-likeness (QED) is 0.874. The third-order valence-electron chi connectivity index (χ3n) is 3.61. The van der Waals surface area contributed by atoms with Gasteiger partial charge in [-0.25, -0.2) is 9.78 Å². The Bertz CT molecular complexity index is 729. The number of carbonyl (C=O) groups excluding carboxylic acids is 1. The molecule has 2 N–H and O–H groups in total.